The van der Waals surface area contributed by atoms with Gasteiger partial charge in [0.15, 0.2) is 0 Å². The van der Waals surface area contributed by atoms with Crippen LogP contribution in [0.2, 0.25) is 0 Å². The van der Waals surface area contributed by atoms with Crippen LogP contribution < -0.4 is 5.73 Å². The minimum Gasteiger partial charge on any atom is -0.395 e. The van der Waals surface area contributed by atoms with Crippen molar-refractivity contribution in [2.45, 2.75) is 71.1 Å². The Bertz CT molecular complexity index is 258. The molecule has 0 atom stereocenters. The van der Waals surface area contributed by atoms with Crippen LogP contribution in [0.3, 0.4) is 0 Å². The first-order valence-electron chi connectivity index (χ1n) is 7.74. The largest absolute Gasteiger partial charge is 0.395 e. The summed E-state index contributed by atoms with van der Waals surface area (Å²) in [4.78, 5) is 0. The van der Waals surface area contributed by atoms with Crippen LogP contribution in [0.25, 0.3) is 0 Å². The molecule has 0 unspecified atom stereocenters. The van der Waals surface area contributed by atoms with Crippen molar-refractivity contribution < 1.29 is 18.1 Å². The number of aliphatic hydroxyl groups is 1. The van der Waals surface area contributed by atoms with E-state index in [1.165, 1.54) is 64.2 Å². The van der Waals surface area contributed by atoms with Crippen LogP contribution in [0.5, 0.6) is 0 Å². The molecule has 20 heavy (non-hydrogen) atoms. The lowest BCUT2D eigenvalue weighted by molar-refractivity contribution is 0.315. The zero-order chi connectivity index (χ0) is 15.7. The highest BCUT2D eigenvalue weighted by Crippen LogP contribution is 2.09. The van der Waals surface area contributed by atoms with Gasteiger partial charge in [-0.05, 0) is 13.0 Å². The normalized spacial score (nSPS) is 11.0. The quantitative estimate of drug-likeness (QED) is 0.380. The molecule has 4 N–H and O–H groups in total. The summed E-state index contributed by atoms with van der Waals surface area (Å²) in [6, 6.07) is 0. The third-order valence-electron chi connectivity index (χ3n) is 2.91. The van der Waals surface area contributed by atoms with Gasteiger partial charge in [0.25, 0.3) is 10.1 Å². The molecule has 0 aromatic heterocycles. The van der Waals surface area contributed by atoms with E-state index in [1.54, 1.807) is 0 Å². The Balaban J connectivity index is 0. The Morgan fingerprint density at radius 1 is 0.850 bits per heavy atom. The molecule has 0 aliphatic carbocycles. The third kappa shape index (κ3) is 26.4. The highest BCUT2D eigenvalue weighted by Gasteiger charge is 1.99. The number of unbranched alkanes of at least 4 members (excludes halogenated alkanes) is 9. The topological polar surface area (TPSA) is 101 Å². The minimum absolute atomic E-state index is 0.529. The minimum atomic E-state index is -3.92. The molecular weight excluding hydrogens is 278 g/mol. The first kappa shape index (κ1) is 22.1. The van der Waals surface area contributed by atoms with Gasteiger partial charge in [-0.3, -0.25) is 4.55 Å². The Morgan fingerprint density at radius 3 is 1.50 bits per heavy atom. The maximum Gasteiger partial charge on any atom is 0.267 e. The molecule has 0 aliphatic heterocycles. The van der Waals surface area contributed by atoms with Crippen molar-refractivity contribution in [1.29, 1.82) is 0 Å². The molecule has 0 heterocycles. The van der Waals surface area contributed by atoms with Gasteiger partial charge in [0.1, 0.15) is 0 Å². The van der Waals surface area contributed by atoms with E-state index in [0.717, 1.165) is 6.54 Å². The first-order chi connectivity index (χ1) is 9.47. The van der Waals surface area contributed by atoms with Crippen molar-refractivity contribution in [3.8, 4) is 0 Å². The summed E-state index contributed by atoms with van der Waals surface area (Å²) >= 11 is 0. The van der Waals surface area contributed by atoms with Gasteiger partial charge >= 0.3 is 0 Å². The molecular formula is C14H33NO4S. The summed E-state index contributed by atoms with van der Waals surface area (Å²) in [6.45, 7) is 2.61. The van der Waals surface area contributed by atoms with Gasteiger partial charge in [-0.15, -0.1) is 0 Å². The van der Waals surface area contributed by atoms with Crippen molar-refractivity contribution in [1.82, 2.24) is 0 Å². The van der Waals surface area contributed by atoms with Crippen LogP contribution in [0, 0.1) is 0 Å². The van der Waals surface area contributed by atoms with Gasteiger partial charge in [0.2, 0.25) is 0 Å². The smallest absolute Gasteiger partial charge is 0.267 e. The zero-order valence-corrected chi connectivity index (χ0v) is 13.7. The van der Waals surface area contributed by atoms with Crippen molar-refractivity contribution >= 4 is 10.1 Å². The van der Waals surface area contributed by atoms with Crippen LogP contribution in [-0.4, -0.2) is 37.0 Å². The average molecular weight is 311 g/mol. The summed E-state index contributed by atoms with van der Waals surface area (Å²) in [6.07, 6.45) is 13.9. The number of rotatable bonds is 12. The molecule has 0 aromatic carbocycles. The number of aliphatic hydroxyl groups excluding tert-OH is 1. The molecule has 0 aromatic rings. The summed E-state index contributed by atoms with van der Waals surface area (Å²) < 4.78 is 27.1. The standard InChI is InChI=1S/C12H27N.C2H6O4S/c1-2-3-4-5-6-7-8-9-10-11-12-13;3-1-2-7(4,5)6/h2-13H2,1H3;3H,1-2H2,(H,4,5,6). The molecule has 0 bridgehead atoms. The summed E-state index contributed by atoms with van der Waals surface area (Å²) in [5, 5.41) is 7.86. The van der Waals surface area contributed by atoms with Crippen LogP contribution in [0.15, 0.2) is 0 Å². The van der Waals surface area contributed by atoms with Crippen molar-refractivity contribution in [2.24, 2.45) is 5.73 Å². The second-order valence-corrected chi connectivity index (χ2v) is 6.55. The fourth-order valence-electron chi connectivity index (χ4n) is 1.75. The fraction of sp³-hybridized carbons (Fsp3) is 1.00. The van der Waals surface area contributed by atoms with Crippen LogP contribution in [-0.2, 0) is 10.1 Å². The molecule has 0 radical (unpaired) electrons. The van der Waals surface area contributed by atoms with Gasteiger partial charge in [0, 0.05) is 0 Å². The Kier molecular flexibility index (Phi) is 18.7. The van der Waals surface area contributed by atoms with Crippen LogP contribution in [0.1, 0.15) is 71.1 Å². The molecule has 0 rings (SSSR count). The maximum absolute atomic E-state index is 9.63. The van der Waals surface area contributed by atoms with E-state index in [9.17, 15) is 8.42 Å². The van der Waals surface area contributed by atoms with Gasteiger partial charge < -0.3 is 10.8 Å². The highest BCUT2D eigenvalue weighted by atomic mass is 32.2. The molecule has 124 valence electrons. The number of hydrogen-bond acceptors (Lipinski definition) is 4. The highest BCUT2D eigenvalue weighted by molar-refractivity contribution is 7.85. The van der Waals surface area contributed by atoms with Crippen molar-refractivity contribution in [3.05, 3.63) is 0 Å². The predicted molar refractivity (Wildman–Crippen MR) is 84.4 cm³/mol. The number of nitrogens with two attached hydrogens (primary N) is 1. The van der Waals surface area contributed by atoms with Crippen molar-refractivity contribution in [2.75, 3.05) is 18.9 Å². The maximum atomic E-state index is 9.63. The lowest BCUT2D eigenvalue weighted by Gasteiger charge is -2.00. The summed E-state index contributed by atoms with van der Waals surface area (Å²) in [5.74, 6) is -0.576. The van der Waals surface area contributed by atoms with E-state index in [-0.39, 0.29) is 0 Å². The Hall–Kier alpha value is -0.170. The average Bonchev–Trinajstić information content (AvgIpc) is 2.36. The van der Waals surface area contributed by atoms with Crippen molar-refractivity contribution in [3.63, 3.8) is 0 Å². The van der Waals surface area contributed by atoms with E-state index < -0.39 is 22.5 Å². The lowest BCUT2D eigenvalue weighted by Crippen LogP contribution is -2.06. The lowest BCUT2D eigenvalue weighted by atomic mass is 10.1. The van der Waals surface area contributed by atoms with Gasteiger partial charge in [0.05, 0.1) is 12.4 Å². The molecule has 0 saturated heterocycles. The van der Waals surface area contributed by atoms with Crippen LogP contribution in [0.4, 0.5) is 0 Å². The van der Waals surface area contributed by atoms with Gasteiger partial charge in [-0.1, -0.05) is 64.7 Å². The van der Waals surface area contributed by atoms with E-state index in [2.05, 4.69) is 6.92 Å². The Morgan fingerprint density at radius 2 is 1.25 bits per heavy atom. The van der Waals surface area contributed by atoms with E-state index in [1.807, 2.05) is 0 Å². The third-order valence-corrected chi connectivity index (χ3v) is 3.61. The monoisotopic (exact) mass is 311 g/mol. The van der Waals surface area contributed by atoms with Gasteiger partial charge in [-0.2, -0.15) is 8.42 Å². The Labute approximate surface area is 124 Å². The van der Waals surface area contributed by atoms with E-state index in [4.69, 9.17) is 15.4 Å². The number of hydrogen-bond donors (Lipinski definition) is 3. The van der Waals surface area contributed by atoms with E-state index in [0.29, 0.717) is 0 Å². The molecule has 0 fully saturated rings. The predicted octanol–water partition coefficient (Wildman–Crippen LogP) is 2.73. The molecule has 0 aliphatic rings. The second-order valence-electron chi connectivity index (χ2n) is 4.98. The van der Waals surface area contributed by atoms with Crippen LogP contribution >= 0.6 is 0 Å². The molecule has 6 heteroatoms. The molecule has 5 nitrogen and oxygen atoms in total. The molecule has 0 amide bonds. The summed E-state index contributed by atoms with van der Waals surface area (Å²) in [5.41, 5.74) is 5.42. The van der Waals surface area contributed by atoms with E-state index >= 15 is 0 Å². The zero-order valence-electron chi connectivity index (χ0n) is 12.9. The second kappa shape index (κ2) is 16.9. The first-order valence-corrected chi connectivity index (χ1v) is 9.35. The van der Waals surface area contributed by atoms with Gasteiger partial charge in [-0.25, -0.2) is 0 Å². The molecule has 0 spiro atoms. The fourth-order valence-corrected chi connectivity index (χ4v) is 1.98. The molecule has 0 saturated carbocycles. The SMILES string of the molecule is CCCCCCCCCCCCN.O=S(=O)(O)CCO. The summed E-state index contributed by atoms with van der Waals surface area (Å²) in [7, 11) is -3.92.